The number of allylic oxidation sites excluding steroid dienone is 5. The smallest absolute Gasteiger partial charge is 0.158 e. The van der Waals surface area contributed by atoms with Crippen LogP contribution in [0, 0.1) is 6.92 Å². The lowest BCUT2D eigenvalue weighted by molar-refractivity contribution is 0.668. The van der Waals surface area contributed by atoms with Gasteiger partial charge < -0.3 is 10.2 Å². The van der Waals surface area contributed by atoms with Gasteiger partial charge in [-0.1, -0.05) is 76.5 Å². The quantitative estimate of drug-likeness (QED) is 0.213. The molecule has 5 nitrogen and oxygen atoms in total. The third kappa shape index (κ3) is 8.43. The minimum Gasteiger partial charge on any atom is -0.371 e. The van der Waals surface area contributed by atoms with Crippen molar-refractivity contribution in [2.75, 3.05) is 23.8 Å². The van der Waals surface area contributed by atoms with E-state index in [1.165, 1.54) is 42.5 Å². The fourth-order valence-electron chi connectivity index (χ4n) is 3.99. The highest BCUT2D eigenvalue weighted by atomic mass is 15.2. The van der Waals surface area contributed by atoms with Crippen LogP contribution in [0.4, 0.5) is 17.2 Å². The lowest BCUT2D eigenvalue weighted by Gasteiger charge is -2.20. The van der Waals surface area contributed by atoms with Gasteiger partial charge in [-0.25, -0.2) is 9.50 Å². The summed E-state index contributed by atoms with van der Waals surface area (Å²) >= 11 is 0. The van der Waals surface area contributed by atoms with Crippen LogP contribution in [0.15, 0.2) is 73.2 Å². The summed E-state index contributed by atoms with van der Waals surface area (Å²) in [6.07, 6.45) is 22.1. The molecule has 0 saturated heterocycles. The van der Waals surface area contributed by atoms with Gasteiger partial charge in [-0.3, -0.25) is 0 Å². The van der Waals surface area contributed by atoms with Gasteiger partial charge in [-0.05, 0) is 62.1 Å². The summed E-state index contributed by atoms with van der Waals surface area (Å²) in [7, 11) is 2.12. The van der Waals surface area contributed by atoms with Gasteiger partial charge in [0.15, 0.2) is 5.82 Å². The van der Waals surface area contributed by atoms with E-state index in [9.17, 15) is 0 Å². The zero-order chi connectivity index (χ0) is 25.5. The molecule has 2 heterocycles. The Balaban J connectivity index is 0.00000210. The maximum atomic E-state index is 4.56. The number of nitrogens with zero attached hydrogens (tertiary/aromatic N) is 4. The molecule has 1 aromatic carbocycles. The van der Waals surface area contributed by atoms with E-state index < -0.39 is 0 Å². The highest BCUT2D eigenvalue weighted by molar-refractivity contribution is 5.77. The summed E-state index contributed by atoms with van der Waals surface area (Å²) in [5.74, 6) is 0.858. The summed E-state index contributed by atoms with van der Waals surface area (Å²) < 4.78 is 1.93. The number of aryl methyl sites for hydroxylation is 2. The van der Waals surface area contributed by atoms with Crippen molar-refractivity contribution in [3.63, 3.8) is 0 Å². The molecule has 2 aromatic heterocycles. The number of likely N-dealkylation sites (N-methyl/N-ethyl adjacent to an activating group) is 1. The second-order valence-electron chi connectivity index (χ2n) is 8.40. The molecule has 0 aliphatic rings. The van der Waals surface area contributed by atoms with Crippen LogP contribution >= 0.6 is 0 Å². The van der Waals surface area contributed by atoms with Gasteiger partial charge in [0.05, 0.1) is 0 Å². The number of anilines is 3. The normalized spacial score (nSPS) is 11.5. The van der Waals surface area contributed by atoms with Crippen LogP contribution in [0.1, 0.15) is 64.5 Å². The van der Waals surface area contributed by atoms with Gasteiger partial charge >= 0.3 is 0 Å². The van der Waals surface area contributed by atoms with E-state index in [1.54, 1.807) is 6.33 Å². The van der Waals surface area contributed by atoms with E-state index in [0.29, 0.717) is 0 Å². The minimum absolute atomic E-state index is 0.853. The van der Waals surface area contributed by atoms with E-state index in [-0.39, 0.29) is 0 Å². The topological polar surface area (TPSA) is 45.5 Å². The number of rotatable bonds is 12. The van der Waals surface area contributed by atoms with Gasteiger partial charge in [0, 0.05) is 31.2 Å². The molecular weight excluding hydrogens is 430 g/mol. The Morgan fingerprint density at radius 2 is 1.83 bits per heavy atom. The van der Waals surface area contributed by atoms with Gasteiger partial charge in [0.1, 0.15) is 11.8 Å². The number of hydrogen-bond donors (Lipinski definition) is 1. The van der Waals surface area contributed by atoms with Gasteiger partial charge in [0.2, 0.25) is 0 Å². The summed E-state index contributed by atoms with van der Waals surface area (Å²) in [5.41, 5.74) is 5.85. The molecule has 188 valence electrons. The Morgan fingerprint density at radius 1 is 1.03 bits per heavy atom. The fraction of sp³-hybridized carbons (Fsp3) is 0.400. The highest BCUT2D eigenvalue weighted by Crippen LogP contribution is 2.27. The van der Waals surface area contributed by atoms with E-state index in [4.69, 9.17) is 0 Å². The first-order chi connectivity index (χ1) is 17.1. The Morgan fingerprint density at radius 3 is 2.57 bits per heavy atom. The van der Waals surface area contributed by atoms with Crippen molar-refractivity contribution in [3.05, 3.63) is 84.4 Å². The van der Waals surface area contributed by atoms with Crippen LogP contribution in [0.2, 0.25) is 0 Å². The summed E-state index contributed by atoms with van der Waals surface area (Å²) in [6.45, 7) is 11.3. The van der Waals surface area contributed by atoms with Crippen molar-refractivity contribution in [2.45, 2.75) is 66.7 Å². The molecule has 0 saturated carbocycles. The monoisotopic (exact) mass is 473 g/mol. The van der Waals surface area contributed by atoms with Crippen LogP contribution in [-0.4, -0.2) is 28.2 Å². The minimum atomic E-state index is 0.853. The van der Waals surface area contributed by atoms with Gasteiger partial charge in [0.25, 0.3) is 0 Å². The number of benzene rings is 1. The molecule has 3 rings (SSSR count). The Bertz CT molecular complexity index is 1110. The van der Waals surface area contributed by atoms with E-state index in [0.717, 1.165) is 30.0 Å². The predicted molar refractivity (Wildman–Crippen MR) is 153 cm³/mol. The summed E-state index contributed by atoms with van der Waals surface area (Å²) in [6, 6.07) is 8.65. The predicted octanol–water partition coefficient (Wildman–Crippen LogP) is 8.06. The summed E-state index contributed by atoms with van der Waals surface area (Å²) in [5, 5.41) is 7.93. The van der Waals surface area contributed by atoms with Crippen LogP contribution in [0.25, 0.3) is 5.52 Å². The molecule has 3 aromatic rings. The molecule has 5 heteroatoms. The Kier molecular flexibility index (Phi) is 12.4. The van der Waals surface area contributed by atoms with Crippen molar-refractivity contribution in [1.82, 2.24) is 14.6 Å². The molecule has 0 radical (unpaired) electrons. The molecule has 0 fully saturated rings. The first-order valence-corrected chi connectivity index (χ1v) is 13.0. The average Bonchev–Trinajstić information content (AvgIpc) is 3.29. The number of nitrogens with one attached hydrogen (secondary N) is 1. The molecule has 0 spiro atoms. The van der Waals surface area contributed by atoms with E-state index in [2.05, 4.69) is 83.7 Å². The van der Waals surface area contributed by atoms with E-state index in [1.807, 2.05) is 49.7 Å². The average molecular weight is 474 g/mol. The van der Waals surface area contributed by atoms with Crippen molar-refractivity contribution in [3.8, 4) is 0 Å². The standard InChI is InChI=1S/C28H37N5.C2H6/c1-5-7-9-11-12-14-19-32(4)26-17-16-25(21-23(26)3)31-28-27-24(15-13-10-8-6-2)18-20-33(27)30-22-29-28;1-2/h5,7,9,11-12,14,16-18,20-22H,6,8,10,13,15,19H2,1-4H3,(H,29,30,31);1-2H3/b7-5-,11-9-,14-12+;. The largest absolute Gasteiger partial charge is 0.371 e. The highest BCUT2D eigenvalue weighted by Gasteiger charge is 2.11. The summed E-state index contributed by atoms with van der Waals surface area (Å²) in [4.78, 5) is 6.82. The lowest BCUT2D eigenvalue weighted by atomic mass is 10.1. The van der Waals surface area contributed by atoms with Gasteiger partial charge in [-0.2, -0.15) is 5.10 Å². The van der Waals surface area contributed by atoms with Crippen molar-refractivity contribution in [1.29, 1.82) is 0 Å². The maximum Gasteiger partial charge on any atom is 0.158 e. The number of aromatic nitrogens is 3. The van der Waals surface area contributed by atoms with Gasteiger partial charge in [-0.15, -0.1) is 0 Å². The first-order valence-electron chi connectivity index (χ1n) is 13.0. The molecule has 0 aliphatic carbocycles. The zero-order valence-electron chi connectivity index (χ0n) is 22.5. The molecule has 35 heavy (non-hydrogen) atoms. The first kappa shape index (κ1) is 27.9. The number of fused-ring (bicyclic) bond motifs is 1. The zero-order valence-corrected chi connectivity index (χ0v) is 22.5. The third-order valence-electron chi connectivity index (χ3n) is 5.75. The van der Waals surface area contributed by atoms with Crippen molar-refractivity contribution < 1.29 is 0 Å². The molecule has 0 unspecified atom stereocenters. The molecule has 0 bridgehead atoms. The number of unbranched alkanes of at least 4 members (excludes halogenated alkanes) is 3. The van der Waals surface area contributed by atoms with E-state index >= 15 is 0 Å². The van der Waals surface area contributed by atoms with Crippen LogP contribution in [0.3, 0.4) is 0 Å². The Hall–Kier alpha value is -3.34. The second kappa shape index (κ2) is 15.5. The molecule has 0 amide bonds. The van der Waals surface area contributed by atoms with Crippen molar-refractivity contribution >= 4 is 22.7 Å². The Labute approximate surface area is 212 Å². The maximum absolute atomic E-state index is 4.56. The molecule has 1 N–H and O–H groups in total. The molecule has 0 atom stereocenters. The van der Waals surface area contributed by atoms with Crippen LogP contribution < -0.4 is 10.2 Å². The molecule has 0 aliphatic heterocycles. The van der Waals surface area contributed by atoms with Crippen LogP contribution in [-0.2, 0) is 6.42 Å². The molecular formula is C30H43N5. The fourth-order valence-corrected chi connectivity index (χ4v) is 3.99. The van der Waals surface area contributed by atoms with Crippen LogP contribution in [0.5, 0.6) is 0 Å². The third-order valence-corrected chi connectivity index (χ3v) is 5.75. The SMILES string of the molecule is CC.C\C=C/C=C\C=C\CN(C)c1ccc(Nc2ncnn3ccc(CCCCCC)c23)cc1C. The lowest BCUT2D eigenvalue weighted by Crippen LogP contribution is -2.17. The van der Waals surface area contributed by atoms with Crippen molar-refractivity contribution in [2.24, 2.45) is 0 Å². The second-order valence-corrected chi connectivity index (χ2v) is 8.40. The number of hydrogen-bond acceptors (Lipinski definition) is 4.